The maximum atomic E-state index is 12.1. The van der Waals surface area contributed by atoms with Gasteiger partial charge in [0.2, 0.25) is 0 Å². The van der Waals surface area contributed by atoms with Crippen LogP contribution in [0.3, 0.4) is 0 Å². The quantitative estimate of drug-likeness (QED) is 0.0498. The minimum absolute atomic E-state index is 0.0199. The van der Waals surface area contributed by atoms with Gasteiger partial charge in [-0.15, -0.1) is 0 Å². The molecule has 0 aromatic carbocycles. The molecule has 7 nitrogen and oxygen atoms in total. The summed E-state index contributed by atoms with van der Waals surface area (Å²) in [5, 5.41) is 0. The molecule has 0 aliphatic carbocycles. The summed E-state index contributed by atoms with van der Waals surface area (Å²) in [6.07, 6.45) is 36.7. The van der Waals surface area contributed by atoms with Crippen LogP contribution in [-0.2, 0) is 23.1 Å². The Labute approximate surface area is 280 Å². The van der Waals surface area contributed by atoms with Gasteiger partial charge in [0, 0.05) is 19.8 Å². The molecule has 0 aliphatic rings. The fourth-order valence-corrected chi connectivity index (χ4v) is 6.45. The van der Waals surface area contributed by atoms with Crippen LogP contribution in [0.1, 0.15) is 194 Å². The molecule has 0 fully saturated rings. The van der Waals surface area contributed by atoms with E-state index < -0.39 is 7.82 Å². The number of unbranched alkanes of at least 4 members (excludes halogenated alkanes) is 26. The van der Waals surface area contributed by atoms with E-state index in [1.165, 1.54) is 161 Å². The third-order valence-corrected chi connectivity index (χ3v) is 9.58. The van der Waals surface area contributed by atoms with Gasteiger partial charge in [-0.05, 0) is 12.8 Å². The summed E-state index contributed by atoms with van der Waals surface area (Å²) < 4.78 is 34.0. The van der Waals surface area contributed by atoms with E-state index >= 15 is 0 Å². The molecule has 3 N–H and O–H groups in total. The van der Waals surface area contributed by atoms with E-state index in [9.17, 15) is 9.46 Å². The largest absolute Gasteiger partial charge is 0.472 e. The highest BCUT2D eigenvalue weighted by Gasteiger charge is 2.23. The van der Waals surface area contributed by atoms with Gasteiger partial charge >= 0.3 is 7.82 Å². The third kappa shape index (κ3) is 36.7. The molecule has 0 radical (unpaired) electrons. The van der Waals surface area contributed by atoms with Gasteiger partial charge in [0.25, 0.3) is 0 Å². The minimum Gasteiger partial charge on any atom is -0.379 e. The van der Waals surface area contributed by atoms with E-state index in [0.29, 0.717) is 19.8 Å². The fourth-order valence-electron chi connectivity index (χ4n) is 5.69. The van der Waals surface area contributed by atoms with Crippen molar-refractivity contribution >= 4 is 7.82 Å². The molecule has 0 saturated heterocycles. The molecule has 1 unspecified atom stereocenters. The van der Waals surface area contributed by atoms with Gasteiger partial charge in [-0.3, -0.25) is 9.05 Å². The molecule has 0 rings (SSSR count). The zero-order valence-electron chi connectivity index (χ0n) is 30.1. The van der Waals surface area contributed by atoms with Crippen molar-refractivity contribution < 1.29 is 28.0 Å². The second-order valence-electron chi connectivity index (χ2n) is 13.1. The first-order valence-corrected chi connectivity index (χ1v) is 21.1. The second kappa shape index (κ2) is 36.8. The lowest BCUT2D eigenvalue weighted by molar-refractivity contribution is -0.0443. The van der Waals surface area contributed by atoms with Crippen molar-refractivity contribution in [2.45, 2.75) is 200 Å². The third-order valence-electron chi connectivity index (χ3n) is 8.59. The summed E-state index contributed by atoms with van der Waals surface area (Å²) in [6, 6.07) is 0. The van der Waals surface area contributed by atoms with Crippen LogP contribution in [0.5, 0.6) is 0 Å². The number of rotatable bonds is 39. The van der Waals surface area contributed by atoms with Gasteiger partial charge in [-0.2, -0.15) is 0 Å². The summed E-state index contributed by atoms with van der Waals surface area (Å²) in [6.45, 7) is 6.30. The lowest BCUT2D eigenvalue weighted by atomic mass is 10.0. The van der Waals surface area contributed by atoms with Crippen LogP contribution in [0.4, 0.5) is 0 Å². The minimum atomic E-state index is -4.13. The highest BCUT2D eigenvalue weighted by atomic mass is 31.2. The van der Waals surface area contributed by atoms with Crippen LogP contribution in [0.2, 0.25) is 0 Å². The maximum Gasteiger partial charge on any atom is 0.472 e. The Bertz CT molecular complexity index is 611. The van der Waals surface area contributed by atoms with Gasteiger partial charge < -0.3 is 20.1 Å². The Kier molecular flexibility index (Phi) is 36.8. The zero-order valence-corrected chi connectivity index (χ0v) is 31.0. The van der Waals surface area contributed by atoms with Gasteiger partial charge in [0.05, 0.1) is 19.8 Å². The zero-order chi connectivity index (χ0) is 32.9. The molecule has 0 amide bonds. The molecule has 0 aromatic heterocycles. The average molecular weight is 664 g/mol. The highest BCUT2D eigenvalue weighted by Crippen LogP contribution is 2.43. The standard InChI is InChI=1S/C37H78NO6P/c1-3-5-7-9-11-13-15-17-19-21-23-25-27-29-32-41-35-37(36-44-45(39,40)43-34-31-38)42-33-30-28-26-24-22-20-18-16-14-12-10-8-6-4-2/h37H,3-36,38H2,1-2H3,(H,39,40)/t37-/m1/s1. The van der Waals surface area contributed by atoms with Crippen LogP contribution in [0.15, 0.2) is 0 Å². The number of nitrogens with two attached hydrogens (primary N) is 1. The number of hydrogen-bond donors (Lipinski definition) is 2. The normalized spacial score (nSPS) is 13.8. The van der Waals surface area contributed by atoms with E-state index in [1.807, 2.05) is 0 Å². The molecule has 0 aliphatic heterocycles. The van der Waals surface area contributed by atoms with Crippen molar-refractivity contribution in [1.82, 2.24) is 0 Å². The van der Waals surface area contributed by atoms with Crippen molar-refractivity contribution in [3.8, 4) is 0 Å². The lowest BCUT2D eigenvalue weighted by Crippen LogP contribution is -2.26. The average Bonchev–Trinajstić information content (AvgIpc) is 3.03. The molecule has 0 saturated carbocycles. The molecule has 0 bridgehead atoms. The number of hydrogen-bond acceptors (Lipinski definition) is 6. The van der Waals surface area contributed by atoms with Crippen LogP contribution in [0.25, 0.3) is 0 Å². The Morgan fingerprint density at radius 3 is 1.22 bits per heavy atom. The molecule has 2 atom stereocenters. The van der Waals surface area contributed by atoms with E-state index in [1.54, 1.807) is 0 Å². The van der Waals surface area contributed by atoms with Gasteiger partial charge in [-0.25, -0.2) is 4.57 Å². The molecule has 272 valence electrons. The van der Waals surface area contributed by atoms with Gasteiger partial charge in [-0.1, -0.05) is 181 Å². The Hall–Kier alpha value is -0.0100. The molecule has 0 heterocycles. The Balaban J connectivity index is 3.89. The second-order valence-corrected chi connectivity index (χ2v) is 14.6. The molecule has 0 spiro atoms. The predicted octanol–water partition coefficient (Wildman–Crippen LogP) is 11.4. The smallest absolute Gasteiger partial charge is 0.379 e. The molecule has 8 heteroatoms. The Morgan fingerprint density at radius 2 is 0.844 bits per heavy atom. The SMILES string of the molecule is CCCCCCCCCCCCCCCCOC[C@H](COP(=O)(O)OCCN)OCCCCCCCCCCCCCCCC. The van der Waals surface area contributed by atoms with E-state index in [4.69, 9.17) is 24.3 Å². The summed E-state index contributed by atoms with van der Waals surface area (Å²) in [5.41, 5.74) is 5.38. The molecule has 0 aromatic rings. The van der Waals surface area contributed by atoms with Crippen molar-refractivity contribution in [3.05, 3.63) is 0 Å². The molecular formula is C37H78NO6P. The number of phosphoric ester groups is 1. The highest BCUT2D eigenvalue weighted by molar-refractivity contribution is 7.47. The van der Waals surface area contributed by atoms with Crippen molar-refractivity contribution in [2.75, 3.05) is 39.6 Å². The van der Waals surface area contributed by atoms with Gasteiger partial charge in [0.15, 0.2) is 0 Å². The topological polar surface area (TPSA) is 100 Å². The summed E-state index contributed by atoms with van der Waals surface area (Å²) in [4.78, 5) is 9.87. The first-order valence-electron chi connectivity index (χ1n) is 19.6. The van der Waals surface area contributed by atoms with E-state index in [2.05, 4.69) is 13.8 Å². The number of ether oxygens (including phenoxy) is 2. The maximum absolute atomic E-state index is 12.1. The van der Waals surface area contributed by atoms with Crippen molar-refractivity contribution in [1.29, 1.82) is 0 Å². The van der Waals surface area contributed by atoms with Crippen LogP contribution >= 0.6 is 7.82 Å². The van der Waals surface area contributed by atoms with E-state index in [-0.39, 0.29) is 25.9 Å². The Morgan fingerprint density at radius 1 is 0.489 bits per heavy atom. The van der Waals surface area contributed by atoms with Crippen molar-refractivity contribution in [3.63, 3.8) is 0 Å². The predicted molar refractivity (Wildman–Crippen MR) is 192 cm³/mol. The monoisotopic (exact) mass is 664 g/mol. The molecule has 45 heavy (non-hydrogen) atoms. The first-order chi connectivity index (χ1) is 22.1. The summed E-state index contributed by atoms with van der Waals surface area (Å²) in [7, 11) is -4.13. The van der Waals surface area contributed by atoms with Crippen LogP contribution in [0, 0.1) is 0 Å². The van der Waals surface area contributed by atoms with Crippen LogP contribution in [-0.4, -0.2) is 50.6 Å². The van der Waals surface area contributed by atoms with Gasteiger partial charge in [0.1, 0.15) is 6.10 Å². The van der Waals surface area contributed by atoms with Crippen molar-refractivity contribution in [2.24, 2.45) is 5.73 Å². The first kappa shape index (κ1) is 45.0. The van der Waals surface area contributed by atoms with Crippen LogP contribution < -0.4 is 5.73 Å². The lowest BCUT2D eigenvalue weighted by Gasteiger charge is -2.20. The van der Waals surface area contributed by atoms with E-state index in [0.717, 1.165) is 19.3 Å². The summed E-state index contributed by atoms with van der Waals surface area (Å²) in [5.74, 6) is 0. The molecular weight excluding hydrogens is 585 g/mol. The number of phosphoric acid groups is 1. The fraction of sp³-hybridized carbons (Fsp3) is 1.00. The summed E-state index contributed by atoms with van der Waals surface area (Å²) >= 11 is 0.